The lowest BCUT2D eigenvalue weighted by molar-refractivity contribution is 0.619. The Morgan fingerprint density at radius 2 is 1.63 bits per heavy atom. The smallest absolute Gasteiger partial charge is 0.225 e. The van der Waals surface area contributed by atoms with Gasteiger partial charge in [-0.3, -0.25) is 0 Å². The molecule has 3 heterocycles. The normalized spacial score (nSPS) is 15.9. The molecule has 0 bridgehead atoms. The Morgan fingerprint density at radius 3 is 2.21 bits per heavy atom. The van der Waals surface area contributed by atoms with E-state index in [0.717, 1.165) is 38.1 Å². The minimum Gasteiger partial charge on any atom is -0.339 e. The molecule has 1 fully saturated rings. The number of nitrogens with zero attached hydrogens (tertiary/aromatic N) is 6. The number of piperazine rings is 1. The van der Waals surface area contributed by atoms with E-state index in [2.05, 4.69) is 24.8 Å². The van der Waals surface area contributed by atoms with Crippen LogP contribution in [0.1, 0.15) is 0 Å². The van der Waals surface area contributed by atoms with Crippen LogP contribution in [-0.2, 0) is 7.05 Å². The van der Waals surface area contributed by atoms with E-state index in [1.807, 2.05) is 24.0 Å². The van der Waals surface area contributed by atoms with Crippen LogP contribution in [0.3, 0.4) is 0 Å². The van der Waals surface area contributed by atoms with Crippen molar-refractivity contribution >= 4 is 23.5 Å². The van der Waals surface area contributed by atoms with E-state index in [-0.39, 0.29) is 0 Å². The van der Waals surface area contributed by atoms with Gasteiger partial charge in [-0.25, -0.2) is 15.0 Å². The van der Waals surface area contributed by atoms with Crippen LogP contribution in [-0.4, -0.2) is 45.7 Å². The molecule has 0 unspecified atom stereocenters. The Balaban J connectivity index is 1.66. The topological polar surface area (TPSA) is 50.1 Å². The second-order valence-corrected chi connectivity index (χ2v) is 4.95. The highest BCUT2D eigenvalue weighted by Gasteiger charge is 2.21. The summed E-state index contributed by atoms with van der Waals surface area (Å²) in [6, 6.07) is 0. The van der Waals surface area contributed by atoms with Crippen molar-refractivity contribution in [3.63, 3.8) is 0 Å². The number of anilines is 2. The van der Waals surface area contributed by atoms with Gasteiger partial charge >= 0.3 is 0 Å². The average Bonchev–Trinajstić information content (AvgIpc) is 2.86. The third kappa shape index (κ3) is 2.49. The number of aryl methyl sites for hydroxylation is 1. The second-order valence-electron chi connectivity index (χ2n) is 4.51. The van der Waals surface area contributed by atoms with Gasteiger partial charge in [-0.2, -0.15) is 0 Å². The van der Waals surface area contributed by atoms with Crippen LogP contribution >= 0.6 is 11.6 Å². The summed E-state index contributed by atoms with van der Waals surface area (Å²) in [4.78, 5) is 17.3. The number of aromatic nitrogens is 4. The van der Waals surface area contributed by atoms with Gasteiger partial charge in [0, 0.05) is 45.6 Å². The summed E-state index contributed by atoms with van der Waals surface area (Å²) in [5, 5.41) is 0.565. The van der Waals surface area contributed by atoms with Gasteiger partial charge < -0.3 is 14.4 Å². The van der Waals surface area contributed by atoms with Crippen LogP contribution in [0.4, 0.5) is 11.9 Å². The third-order valence-electron chi connectivity index (χ3n) is 3.25. The van der Waals surface area contributed by atoms with Crippen molar-refractivity contribution in [1.29, 1.82) is 0 Å². The van der Waals surface area contributed by atoms with Crippen molar-refractivity contribution in [1.82, 2.24) is 19.5 Å². The van der Waals surface area contributed by atoms with Gasteiger partial charge in [0.25, 0.3) is 0 Å². The number of rotatable bonds is 2. The molecule has 2 aromatic heterocycles. The molecular formula is C12H15ClN6. The summed E-state index contributed by atoms with van der Waals surface area (Å²) >= 11 is 5.80. The zero-order chi connectivity index (χ0) is 13.2. The number of hydrogen-bond acceptors (Lipinski definition) is 5. The van der Waals surface area contributed by atoms with Crippen LogP contribution in [0, 0.1) is 0 Å². The first kappa shape index (κ1) is 12.2. The van der Waals surface area contributed by atoms with E-state index in [4.69, 9.17) is 11.6 Å². The summed E-state index contributed by atoms with van der Waals surface area (Å²) in [6.45, 7) is 3.59. The first-order valence-corrected chi connectivity index (χ1v) is 6.56. The summed E-state index contributed by atoms with van der Waals surface area (Å²) in [5.41, 5.74) is 0. The number of halogens is 1. The van der Waals surface area contributed by atoms with Crippen molar-refractivity contribution in [2.24, 2.45) is 7.05 Å². The van der Waals surface area contributed by atoms with E-state index in [9.17, 15) is 0 Å². The molecule has 2 aromatic rings. The lowest BCUT2D eigenvalue weighted by Crippen LogP contribution is -2.47. The monoisotopic (exact) mass is 278 g/mol. The molecule has 0 saturated carbocycles. The van der Waals surface area contributed by atoms with Crippen molar-refractivity contribution < 1.29 is 0 Å². The summed E-state index contributed by atoms with van der Waals surface area (Å²) in [7, 11) is 2.01. The van der Waals surface area contributed by atoms with Crippen LogP contribution < -0.4 is 9.80 Å². The molecule has 0 atom stereocenters. The van der Waals surface area contributed by atoms with E-state index < -0.39 is 0 Å². The van der Waals surface area contributed by atoms with Gasteiger partial charge in [0.15, 0.2) is 0 Å². The molecule has 0 spiro atoms. The highest BCUT2D eigenvalue weighted by atomic mass is 35.5. The van der Waals surface area contributed by atoms with Gasteiger partial charge in [-0.05, 0) is 0 Å². The fourth-order valence-corrected chi connectivity index (χ4v) is 2.34. The molecule has 1 aliphatic heterocycles. The summed E-state index contributed by atoms with van der Waals surface area (Å²) < 4.78 is 2.04. The predicted octanol–water partition coefficient (Wildman–Crippen LogP) is 1.19. The molecule has 7 heteroatoms. The van der Waals surface area contributed by atoms with Gasteiger partial charge in [-0.15, -0.1) is 0 Å². The van der Waals surface area contributed by atoms with Crippen molar-refractivity contribution in [3.05, 3.63) is 29.8 Å². The Morgan fingerprint density at radius 1 is 1.00 bits per heavy atom. The molecule has 0 amide bonds. The zero-order valence-corrected chi connectivity index (χ0v) is 11.5. The Kier molecular flexibility index (Phi) is 3.25. The molecule has 1 saturated heterocycles. The molecule has 100 valence electrons. The van der Waals surface area contributed by atoms with E-state index in [1.54, 1.807) is 12.4 Å². The van der Waals surface area contributed by atoms with Crippen molar-refractivity contribution in [2.75, 3.05) is 36.0 Å². The van der Waals surface area contributed by atoms with Gasteiger partial charge in [0.2, 0.25) is 11.9 Å². The molecule has 1 aliphatic rings. The van der Waals surface area contributed by atoms with Gasteiger partial charge in [-0.1, -0.05) is 11.6 Å². The molecule has 0 aliphatic carbocycles. The average molecular weight is 279 g/mol. The lowest BCUT2D eigenvalue weighted by atomic mass is 10.3. The van der Waals surface area contributed by atoms with Gasteiger partial charge in [0.1, 0.15) is 0 Å². The van der Waals surface area contributed by atoms with E-state index >= 15 is 0 Å². The predicted molar refractivity (Wildman–Crippen MR) is 74.7 cm³/mol. The maximum atomic E-state index is 5.80. The van der Waals surface area contributed by atoms with Crippen LogP contribution in [0.2, 0.25) is 5.02 Å². The summed E-state index contributed by atoms with van der Waals surface area (Å²) in [6.07, 6.45) is 7.05. The van der Waals surface area contributed by atoms with Crippen molar-refractivity contribution in [3.8, 4) is 0 Å². The van der Waals surface area contributed by atoms with E-state index in [1.165, 1.54) is 0 Å². The Bertz CT molecular complexity index is 544. The molecule has 0 N–H and O–H groups in total. The summed E-state index contributed by atoms with van der Waals surface area (Å²) in [5.74, 6) is 1.75. The minimum absolute atomic E-state index is 0.565. The second kappa shape index (κ2) is 5.05. The molecule has 0 radical (unpaired) electrons. The largest absolute Gasteiger partial charge is 0.339 e. The van der Waals surface area contributed by atoms with Gasteiger partial charge in [0.05, 0.1) is 17.4 Å². The molecule has 6 nitrogen and oxygen atoms in total. The van der Waals surface area contributed by atoms with Crippen LogP contribution in [0.15, 0.2) is 24.8 Å². The number of imidazole rings is 1. The molecule has 19 heavy (non-hydrogen) atoms. The Hall–Kier alpha value is -1.82. The molecule has 0 aromatic carbocycles. The maximum absolute atomic E-state index is 5.80. The lowest BCUT2D eigenvalue weighted by Gasteiger charge is -2.35. The van der Waals surface area contributed by atoms with Crippen molar-refractivity contribution in [2.45, 2.75) is 0 Å². The quantitative estimate of drug-likeness (QED) is 0.826. The van der Waals surface area contributed by atoms with E-state index in [0.29, 0.717) is 5.02 Å². The molecule has 3 rings (SSSR count). The highest BCUT2D eigenvalue weighted by Crippen LogP contribution is 2.16. The SMILES string of the molecule is Cn1ccnc1N1CCN(c2ncc(Cl)cn2)CC1. The fourth-order valence-electron chi connectivity index (χ4n) is 2.24. The Labute approximate surface area is 116 Å². The standard InChI is InChI=1S/C12H15ClN6/c1-17-3-2-14-12(17)19-6-4-18(5-7-19)11-15-8-10(13)9-16-11/h2-3,8-9H,4-7H2,1H3. The number of hydrogen-bond donors (Lipinski definition) is 0. The molecular weight excluding hydrogens is 264 g/mol. The maximum Gasteiger partial charge on any atom is 0.225 e. The minimum atomic E-state index is 0.565. The first-order valence-electron chi connectivity index (χ1n) is 6.19. The fraction of sp³-hybridized carbons (Fsp3) is 0.417. The first-order chi connectivity index (χ1) is 9.24. The zero-order valence-electron chi connectivity index (χ0n) is 10.7. The third-order valence-corrected chi connectivity index (χ3v) is 3.44. The highest BCUT2D eigenvalue weighted by molar-refractivity contribution is 6.30. The van der Waals surface area contributed by atoms with Crippen LogP contribution in [0.5, 0.6) is 0 Å². The van der Waals surface area contributed by atoms with Crippen LogP contribution in [0.25, 0.3) is 0 Å².